The van der Waals surface area contributed by atoms with Crippen LogP contribution in [0.2, 0.25) is 0 Å². The Labute approximate surface area is 170 Å². The van der Waals surface area contributed by atoms with E-state index in [2.05, 4.69) is 20.1 Å². The number of aromatic amines is 1. The van der Waals surface area contributed by atoms with Crippen molar-refractivity contribution in [1.29, 1.82) is 0 Å². The molecule has 1 fully saturated rings. The third-order valence-corrected chi connectivity index (χ3v) is 5.57. The van der Waals surface area contributed by atoms with Crippen LogP contribution < -0.4 is 0 Å². The summed E-state index contributed by atoms with van der Waals surface area (Å²) in [6.07, 6.45) is 3.05. The Morgan fingerprint density at radius 1 is 1.14 bits per heavy atom. The Morgan fingerprint density at radius 2 is 1.90 bits per heavy atom. The van der Waals surface area contributed by atoms with E-state index in [-0.39, 0.29) is 5.91 Å². The number of oxazole rings is 1. The first-order valence-corrected chi connectivity index (χ1v) is 10.1. The Kier molecular flexibility index (Phi) is 5.76. The van der Waals surface area contributed by atoms with Crippen molar-refractivity contribution in [1.82, 2.24) is 25.0 Å². The van der Waals surface area contributed by atoms with Gasteiger partial charge in [-0.1, -0.05) is 30.3 Å². The zero-order chi connectivity index (χ0) is 20.2. The van der Waals surface area contributed by atoms with Crippen LogP contribution in [0.15, 0.2) is 40.9 Å². The fourth-order valence-electron chi connectivity index (χ4n) is 3.80. The number of rotatable bonds is 6. The predicted molar refractivity (Wildman–Crippen MR) is 110 cm³/mol. The number of hydrogen-bond donors (Lipinski definition) is 1. The molecule has 0 saturated carbocycles. The molecule has 0 spiro atoms. The van der Waals surface area contributed by atoms with E-state index in [0.717, 1.165) is 66.8 Å². The normalized spacial score (nSPS) is 15.0. The number of H-pyrrole nitrogens is 1. The molecule has 1 aliphatic rings. The number of nitrogens with one attached hydrogen (secondary N) is 1. The number of hydrogen-bond acceptors (Lipinski definition) is 5. The highest BCUT2D eigenvalue weighted by Crippen LogP contribution is 2.21. The minimum Gasteiger partial charge on any atom is -0.439 e. The van der Waals surface area contributed by atoms with Gasteiger partial charge >= 0.3 is 0 Å². The highest BCUT2D eigenvalue weighted by Gasteiger charge is 2.22. The van der Waals surface area contributed by atoms with Gasteiger partial charge < -0.3 is 9.32 Å². The molecule has 7 heteroatoms. The van der Waals surface area contributed by atoms with E-state index >= 15 is 0 Å². The highest BCUT2D eigenvalue weighted by molar-refractivity contribution is 5.76. The summed E-state index contributed by atoms with van der Waals surface area (Å²) in [6.45, 7) is 7.81. The van der Waals surface area contributed by atoms with Crippen molar-refractivity contribution in [2.24, 2.45) is 0 Å². The maximum absolute atomic E-state index is 12.6. The molecule has 1 aromatic carbocycles. The second kappa shape index (κ2) is 8.61. The molecule has 152 valence electrons. The van der Waals surface area contributed by atoms with Gasteiger partial charge in [-0.2, -0.15) is 5.10 Å². The fraction of sp³-hybridized carbons (Fsp3) is 0.409. The first kappa shape index (κ1) is 19.4. The van der Waals surface area contributed by atoms with Gasteiger partial charge in [0.25, 0.3) is 0 Å². The molecule has 0 bridgehead atoms. The number of carbonyl (C=O) groups excluding carboxylic acids is 1. The second-order valence-electron chi connectivity index (χ2n) is 7.55. The molecule has 1 amide bonds. The smallest absolute Gasteiger partial charge is 0.222 e. The average molecular weight is 393 g/mol. The molecule has 0 radical (unpaired) electrons. The summed E-state index contributed by atoms with van der Waals surface area (Å²) in [7, 11) is 0. The molecule has 1 aliphatic heterocycles. The van der Waals surface area contributed by atoms with Crippen molar-refractivity contribution in [2.45, 2.75) is 33.2 Å². The molecule has 2 aromatic heterocycles. The SMILES string of the molecule is Cc1n[nH]c(C)c1CCC(=O)N1CCN(Cc2ncc(-c3ccccc3)o2)CC1. The van der Waals surface area contributed by atoms with Crippen LogP contribution in [0.3, 0.4) is 0 Å². The number of aromatic nitrogens is 3. The van der Waals surface area contributed by atoms with Gasteiger partial charge in [-0.25, -0.2) is 4.98 Å². The quantitative estimate of drug-likeness (QED) is 0.697. The Morgan fingerprint density at radius 3 is 2.59 bits per heavy atom. The Balaban J connectivity index is 1.25. The van der Waals surface area contributed by atoms with Gasteiger partial charge in [0, 0.05) is 43.9 Å². The lowest BCUT2D eigenvalue weighted by molar-refractivity contribution is -0.133. The number of aryl methyl sites for hydroxylation is 2. The fourth-order valence-corrected chi connectivity index (χ4v) is 3.80. The van der Waals surface area contributed by atoms with E-state index in [4.69, 9.17) is 4.42 Å². The van der Waals surface area contributed by atoms with E-state index in [1.165, 1.54) is 0 Å². The van der Waals surface area contributed by atoms with Crippen molar-refractivity contribution >= 4 is 5.91 Å². The molecule has 0 atom stereocenters. The third kappa shape index (κ3) is 4.56. The van der Waals surface area contributed by atoms with Crippen molar-refractivity contribution in [3.05, 3.63) is 59.4 Å². The van der Waals surface area contributed by atoms with Gasteiger partial charge in [-0.3, -0.25) is 14.8 Å². The number of benzene rings is 1. The van der Waals surface area contributed by atoms with E-state index in [1.807, 2.05) is 49.1 Å². The molecule has 7 nitrogen and oxygen atoms in total. The van der Waals surface area contributed by atoms with Crippen molar-refractivity contribution < 1.29 is 9.21 Å². The first-order chi connectivity index (χ1) is 14.1. The summed E-state index contributed by atoms with van der Waals surface area (Å²) in [5.74, 6) is 1.72. The summed E-state index contributed by atoms with van der Waals surface area (Å²) in [5.41, 5.74) is 4.24. The minimum absolute atomic E-state index is 0.215. The molecule has 3 heterocycles. The van der Waals surface area contributed by atoms with E-state index < -0.39 is 0 Å². The van der Waals surface area contributed by atoms with Gasteiger partial charge in [0.05, 0.1) is 18.4 Å². The zero-order valence-corrected chi connectivity index (χ0v) is 17.0. The summed E-state index contributed by atoms with van der Waals surface area (Å²) >= 11 is 0. The minimum atomic E-state index is 0.215. The van der Waals surface area contributed by atoms with Crippen LogP contribution in [0.5, 0.6) is 0 Å². The second-order valence-corrected chi connectivity index (χ2v) is 7.55. The number of amides is 1. The lowest BCUT2D eigenvalue weighted by Crippen LogP contribution is -2.48. The van der Waals surface area contributed by atoms with Crippen molar-refractivity contribution in [3.8, 4) is 11.3 Å². The molecule has 0 aliphatic carbocycles. The monoisotopic (exact) mass is 393 g/mol. The van der Waals surface area contributed by atoms with Crippen LogP contribution in [0.4, 0.5) is 0 Å². The lowest BCUT2D eigenvalue weighted by atomic mass is 10.1. The largest absolute Gasteiger partial charge is 0.439 e. The van der Waals surface area contributed by atoms with E-state index in [9.17, 15) is 4.79 Å². The maximum Gasteiger partial charge on any atom is 0.222 e. The van der Waals surface area contributed by atoms with Gasteiger partial charge in [-0.15, -0.1) is 0 Å². The summed E-state index contributed by atoms with van der Waals surface area (Å²) < 4.78 is 5.91. The van der Waals surface area contributed by atoms with Crippen LogP contribution in [-0.4, -0.2) is 57.1 Å². The zero-order valence-electron chi connectivity index (χ0n) is 17.0. The van der Waals surface area contributed by atoms with Crippen molar-refractivity contribution in [3.63, 3.8) is 0 Å². The number of piperazine rings is 1. The summed E-state index contributed by atoms with van der Waals surface area (Å²) in [5, 5.41) is 7.19. The van der Waals surface area contributed by atoms with Crippen LogP contribution in [0.1, 0.15) is 29.3 Å². The average Bonchev–Trinajstić information content (AvgIpc) is 3.34. The number of nitrogens with zero attached hydrogens (tertiary/aromatic N) is 4. The maximum atomic E-state index is 12.6. The van der Waals surface area contributed by atoms with Crippen LogP contribution >= 0.6 is 0 Å². The molecule has 29 heavy (non-hydrogen) atoms. The van der Waals surface area contributed by atoms with Gasteiger partial charge in [0.1, 0.15) is 0 Å². The van der Waals surface area contributed by atoms with Gasteiger partial charge in [0.2, 0.25) is 11.8 Å². The third-order valence-electron chi connectivity index (χ3n) is 5.57. The molecular formula is C22H27N5O2. The summed E-state index contributed by atoms with van der Waals surface area (Å²) in [4.78, 5) is 21.3. The number of carbonyl (C=O) groups is 1. The molecule has 0 unspecified atom stereocenters. The lowest BCUT2D eigenvalue weighted by Gasteiger charge is -2.34. The van der Waals surface area contributed by atoms with Gasteiger partial charge in [-0.05, 0) is 25.8 Å². The molecular weight excluding hydrogens is 366 g/mol. The standard InChI is InChI=1S/C22H27N5O2/c1-16-19(17(2)25-24-16)8-9-22(28)27-12-10-26(11-13-27)15-21-23-14-20(29-21)18-6-4-3-5-7-18/h3-7,14H,8-13,15H2,1-2H3,(H,24,25). The Hall–Kier alpha value is -2.93. The molecule has 1 saturated heterocycles. The van der Waals surface area contributed by atoms with Crippen molar-refractivity contribution in [2.75, 3.05) is 26.2 Å². The van der Waals surface area contributed by atoms with E-state index in [1.54, 1.807) is 6.20 Å². The first-order valence-electron chi connectivity index (χ1n) is 10.1. The van der Waals surface area contributed by atoms with Crippen LogP contribution in [-0.2, 0) is 17.8 Å². The van der Waals surface area contributed by atoms with Gasteiger partial charge in [0.15, 0.2) is 5.76 Å². The predicted octanol–water partition coefficient (Wildman–Crippen LogP) is 2.96. The summed E-state index contributed by atoms with van der Waals surface area (Å²) in [6, 6.07) is 9.99. The molecule has 4 rings (SSSR count). The van der Waals surface area contributed by atoms with Crippen LogP contribution in [0, 0.1) is 13.8 Å². The highest BCUT2D eigenvalue weighted by atomic mass is 16.4. The molecule has 3 aromatic rings. The molecule has 1 N–H and O–H groups in total. The topological polar surface area (TPSA) is 78.3 Å². The van der Waals surface area contributed by atoms with E-state index in [0.29, 0.717) is 13.0 Å². The Bertz CT molecular complexity index is 935. The van der Waals surface area contributed by atoms with Crippen LogP contribution in [0.25, 0.3) is 11.3 Å².